The van der Waals surface area contributed by atoms with Crippen molar-refractivity contribution in [3.63, 3.8) is 0 Å². The Hall–Kier alpha value is -0.780. The largest absolute Gasteiger partial charge is 0.480 e. The number of hydrogen-bond donors (Lipinski definition) is 1. The Morgan fingerprint density at radius 1 is 1.38 bits per heavy atom. The summed E-state index contributed by atoms with van der Waals surface area (Å²) in [5, 5.41) is 8.89. The van der Waals surface area contributed by atoms with Gasteiger partial charge in [-0.3, -0.25) is 9.69 Å². The number of carbonyl (C=O) groups is 1. The van der Waals surface area contributed by atoms with Crippen molar-refractivity contribution in [2.75, 3.05) is 13.1 Å². The monoisotopic (exact) mass is 241 g/mol. The van der Waals surface area contributed by atoms with Crippen molar-refractivity contribution in [3.05, 3.63) is 0 Å². The molecule has 0 aromatic carbocycles. The van der Waals surface area contributed by atoms with Crippen molar-refractivity contribution in [1.82, 2.24) is 4.90 Å². The molecule has 1 N–H and O–H groups in total. The molecule has 0 fully saturated rings. The highest BCUT2D eigenvalue weighted by atomic mass is 19.4. The number of hydrogen-bond acceptors (Lipinski definition) is 2. The average Bonchev–Trinajstić information content (AvgIpc) is 2.14. The molecular formula is C10H18F3NO2. The first-order valence-electron chi connectivity index (χ1n) is 5.35. The second kappa shape index (κ2) is 6.73. The van der Waals surface area contributed by atoms with Gasteiger partial charge in [0.1, 0.15) is 6.04 Å². The number of rotatable bonds is 7. The summed E-state index contributed by atoms with van der Waals surface area (Å²) in [7, 11) is 0. The van der Waals surface area contributed by atoms with Gasteiger partial charge in [0.25, 0.3) is 0 Å². The number of alkyl halides is 3. The standard InChI is InChI=1S/C10H18F3NO2/c1-3-5-6-8(9(15)16)14(4-2)7-10(11,12)13/h8H,3-7H2,1-2H3,(H,15,16). The fraction of sp³-hybridized carbons (Fsp3) is 0.900. The summed E-state index contributed by atoms with van der Waals surface area (Å²) in [5.41, 5.74) is 0. The molecule has 1 unspecified atom stereocenters. The van der Waals surface area contributed by atoms with Crippen LogP contribution in [0.2, 0.25) is 0 Å². The Bertz CT molecular complexity index is 219. The Morgan fingerprint density at radius 2 is 1.94 bits per heavy atom. The van der Waals surface area contributed by atoms with Gasteiger partial charge < -0.3 is 5.11 Å². The molecule has 96 valence electrons. The molecule has 0 aliphatic heterocycles. The first-order chi connectivity index (χ1) is 7.31. The van der Waals surface area contributed by atoms with Gasteiger partial charge in [-0.1, -0.05) is 26.7 Å². The number of unbranched alkanes of at least 4 members (excludes halogenated alkanes) is 1. The molecule has 0 spiro atoms. The molecule has 0 aliphatic rings. The van der Waals surface area contributed by atoms with E-state index in [0.29, 0.717) is 6.42 Å². The molecule has 3 nitrogen and oxygen atoms in total. The van der Waals surface area contributed by atoms with E-state index in [1.54, 1.807) is 0 Å². The zero-order valence-electron chi connectivity index (χ0n) is 9.55. The van der Waals surface area contributed by atoms with Crippen molar-refractivity contribution >= 4 is 5.97 Å². The third-order valence-corrected chi connectivity index (χ3v) is 2.35. The Balaban J connectivity index is 4.52. The van der Waals surface area contributed by atoms with Crippen LogP contribution in [0.4, 0.5) is 13.2 Å². The lowest BCUT2D eigenvalue weighted by Crippen LogP contribution is -2.45. The van der Waals surface area contributed by atoms with Gasteiger partial charge >= 0.3 is 12.1 Å². The Labute approximate surface area is 93.2 Å². The SMILES string of the molecule is CCCCC(C(=O)O)N(CC)CC(F)(F)F. The fourth-order valence-corrected chi connectivity index (χ4v) is 1.53. The molecule has 1 atom stereocenters. The first kappa shape index (κ1) is 15.2. The second-order valence-corrected chi connectivity index (χ2v) is 3.67. The van der Waals surface area contributed by atoms with Gasteiger partial charge in [-0.25, -0.2) is 0 Å². The maximum atomic E-state index is 12.2. The summed E-state index contributed by atoms with van der Waals surface area (Å²) in [6, 6.07) is -1.04. The maximum absolute atomic E-state index is 12.2. The zero-order chi connectivity index (χ0) is 12.8. The number of nitrogens with zero attached hydrogens (tertiary/aromatic N) is 1. The molecule has 0 heterocycles. The van der Waals surface area contributed by atoms with Crippen LogP contribution in [0.15, 0.2) is 0 Å². The highest BCUT2D eigenvalue weighted by Crippen LogP contribution is 2.19. The normalized spacial score (nSPS) is 14.1. The molecule has 0 amide bonds. The third-order valence-electron chi connectivity index (χ3n) is 2.35. The van der Waals surface area contributed by atoms with E-state index in [1.165, 1.54) is 6.92 Å². The number of carboxylic acid groups (broad SMARTS) is 1. The lowest BCUT2D eigenvalue weighted by atomic mass is 10.1. The Kier molecular flexibility index (Phi) is 6.40. The van der Waals surface area contributed by atoms with Gasteiger partial charge in [0.2, 0.25) is 0 Å². The molecule has 0 aliphatic carbocycles. The van der Waals surface area contributed by atoms with E-state index in [2.05, 4.69) is 0 Å². The fourth-order valence-electron chi connectivity index (χ4n) is 1.53. The highest BCUT2D eigenvalue weighted by Gasteiger charge is 2.35. The van der Waals surface area contributed by atoms with Gasteiger partial charge in [-0.2, -0.15) is 13.2 Å². The molecule has 0 saturated carbocycles. The van der Waals surface area contributed by atoms with Crippen LogP contribution < -0.4 is 0 Å². The predicted octanol–water partition coefficient (Wildman–Crippen LogP) is 2.51. The van der Waals surface area contributed by atoms with Gasteiger partial charge in [-0.15, -0.1) is 0 Å². The molecule has 0 aromatic heterocycles. The smallest absolute Gasteiger partial charge is 0.401 e. The summed E-state index contributed by atoms with van der Waals surface area (Å²) in [6.45, 7) is 2.33. The van der Waals surface area contributed by atoms with E-state index in [9.17, 15) is 18.0 Å². The molecule has 0 rings (SSSR count). The maximum Gasteiger partial charge on any atom is 0.401 e. The lowest BCUT2D eigenvalue weighted by molar-refractivity contribution is -0.161. The van der Waals surface area contributed by atoms with E-state index >= 15 is 0 Å². The van der Waals surface area contributed by atoms with Crippen LogP contribution in [0, 0.1) is 0 Å². The van der Waals surface area contributed by atoms with Gasteiger partial charge in [0, 0.05) is 0 Å². The van der Waals surface area contributed by atoms with E-state index in [1.807, 2.05) is 6.92 Å². The summed E-state index contributed by atoms with van der Waals surface area (Å²) >= 11 is 0. The summed E-state index contributed by atoms with van der Waals surface area (Å²) in [5.74, 6) is -1.18. The van der Waals surface area contributed by atoms with E-state index in [-0.39, 0.29) is 13.0 Å². The minimum Gasteiger partial charge on any atom is -0.480 e. The molecule has 16 heavy (non-hydrogen) atoms. The van der Waals surface area contributed by atoms with E-state index < -0.39 is 24.7 Å². The van der Waals surface area contributed by atoms with Crippen LogP contribution in [0.3, 0.4) is 0 Å². The van der Waals surface area contributed by atoms with Crippen LogP contribution >= 0.6 is 0 Å². The molecule has 0 radical (unpaired) electrons. The number of likely N-dealkylation sites (N-methyl/N-ethyl adjacent to an activating group) is 1. The minimum atomic E-state index is -4.35. The van der Waals surface area contributed by atoms with Crippen LogP contribution in [0.25, 0.3) is 0 Å². The third kappa shape index (κ3) is 5.95. The van der Waals surface area contributed by atoms with Gasteiger partial charge in [0.05, 0.1) is 6.54 Å². The van der Waals surface area contributed by atoms with E-state index in [0.717, 1.165) is 11.3 Å². The van der Waals surface area contributed by atoms with Crippen LogP contribution in [0.5, 0.6) is 0 Å². The van der Waals surface area contributed by atoms with Crippen molar-refractivity contribution in [3.8, 4) is 0 Å². The number of carboxylic acids is 1. The van der Waals surface area contributed by atoms with Crippen molar-refractivity contribution in [2.45, 2.75) is 45.3 Å². The van der Waals surface area contributed by atoms with Gasteiger partial charge in [-0.05, 0) is 13.0 Å². The van der Waals surface area contributed by atoms with Crippen molar-refractivity contribution in [1.29, 1.82) is 0 Å². The minimum absolute atomic E-state index is 0.0835. The molecule has 0 aromatic rings. The quantitative estimate of drug-likeness (QED) is 0.744. The molecule has 6 heteroatoms. The van der Waals surface area contributed by atoms with Crippen LogP contribution in [-0.4, -0.2) is 41.3 Å². The van der Waals surface area contributed by atoms with Crippen molar-refractivity contribution < 1.29 is 23.1 Å². The second-order valence-electron chi connectivity index (χ2n) is 3.67. The summed E-state index contributed by atoms with van der Waals surface area (Å²) < 4.78 is 36.6. The molecule has 0 saturated heterocycles. The summed E-state index contributed by atoms with van der Waals surface area (Å²) in [6.07, 6.45) is -2.70. The average molecular weight is 241 g/mol. The van der Waals surface area contributed by atoms with Crippen LogP contribution in [-0.2, 0) is 4.79 Å². The Morgan fingerprint density at radius 3 is 2.25 bits per heavy atom. The summed E-state index contributed by atoms with van der Waals surface area (Å²) in [4.78, 5) is 11.8. The van der Waals surface area contributed by atoms with E-state index in [4.69, 9.17) is 5.11 Å². The first-order valence-corrected chi connectivity index (χ1v) is 5.35. The lowest BCUT2D eigenvalue weighted by Gasteiger charge is -2.28. The molecular weight excluding hydrogens is 223 g/mol. The van der Waals surface area contributed by atoms with Gasteiger partial charge in [0.15, 0.2) is 0 Å². The number of aliphatic carboxylic acids is 1. The topological polar surface area (TPSA) is 40.5 Å². The predicted molar refractivity (Wildman–Crippen MR) is 54.3 cm³/mol. The van der Waals surface area contributed by atoms with Crippen molar-refractivity contribution in [2.24, 2.45) is 0 Å². The zero-order valence-corrected chi connectivity index (χ0v) is 9.55. The molecule has 0 bridgehead atoms. The highest BCUT2D eigenvalue weighted by molar-refractivity contribution is 5.73. The number of halogens is 3. The van der Waals surface area contributed by atoms with Crippen LogP contribution in [0.1, 0.15) is 33.1 Å².